The summed E-state index contributed by atoms with van der Waals surface area (Å²) in [6, 6.07) is 0. The van der Waals surface area contributed by atoms with Crippen molar-refractivity contribution < 1.29 is 4.21 Å². The molecule has 1 aromatic rings. The van der Waals surface area contributed by atoms with E-state index in [9.17, 15) is 4.21 Å². The molecular formula is C11H21N3OS. The molecule has 5 heteroatoms. The fraction of sp³-hybridized carbons (Fsp3) is 0.727. The molecule has 92 valence electrons. The fourth-order valence-electron chi connectivity index (χ4n) is 1.38. The highest BCUT2D eigenvalue weighted by atomic mass is 32.2. The van der Waals surface area contributed by atoms with E-state index >= 15 is 0 Å². The van der Waals surface area contributed by atoms with Gasteiger partial charge in [-0.3, -0.25) is 4.21 Å². The summed E-state index contributed by atoms with van der Waals surface area (Å²) in [6.45, 7) is 5.84. The van der Waals surface area contributed by atoms with Gasteiger partial charge < -0.3 is 9.88 Å². The molecule has 0 aliphatic carbocycles. The monoisotopic (exact) mass is 243 g/mol. The van der Waals surface area contributed by atoms with Crippen LogP contribution >= 0.6 is 0 Å². The summed E-state index contributed by atoms with van der Waals surface area (Å²) in [5.74, 6) is 0.880. The fourth-order valence-corrected chi connectivity index (χ4v) is 1.75. The maximum Gasteiger partial charge on any atom is 0.202 e. The highest BCUT2D eigenvalue weighted by Crippen LogP contribution is 2.08. The third kappa shape index (κ3) is 3.96. The molecule has 0 spiro atoms. The summed E-state index contributed by atoms with van der Waals surface area (Å²) in [6.07, 6.45) is 7.76. The van der Waals surface area contributed by atoms with Gasteiger partial charge in [0, 0.05) is 47.8 Å². The number of hydrogen-bond donors (Lipinski definition) is 1. The number of nitrogens with zero attached hydrogens (tertiary/aromatic N) is 2. The van der Waals surface area contributed by atoms with Crippen molar-refractivity contribution in [3.05, 3.63) is 12.4 Å². The zero-order valence-electron chi connectivity index (χ0n) is 10.3. The maximum atomic E-state index is 11.3. The number of unbranched alkanes of at least 4 members (excludes halogenated alkanes) is 1. The molecule has 1 aromatic heterocycles. The van der Waals surface area contributed by atoms with Crippen LogP contribution in [0.15, 0.2) is 12.4 Å². The molecule has 0 fully saturated rings. The van der Waals surface area contributed by atoms with Crippen molar-refractivity contribution in [2.24, 2.45) is 0 Å². The number of aromatic nitrogens is 2. The number of rotatable bonds is 7. The number of imidazole rings is 1. The summed E-state index contributed by atoms with van der Waals surface area (Å²) in [7, 11) is -0.787. The molecule has 0 saturated carbocycles. The molecule has 0 radical (unpaired) electrons. The van der Waals surface area contributed by atoms with Gasteiger partial charge in [-0.15, -0.1) is 0 Å². The third-order valence-electron chi connectivity index (χ3n) is 2.55. The molecule has 2 atom stereocenters. The Morgan fingerprint density at radius 1 is 1.62 bits per heavy atom. The van der Waals surface area contributed by atoms with Gasteiger partial charge in [0.2, 0.25) is 5.95 Å². The van der Waals surface area contributed by atoms with Gasteiger partial charge in [0.25, 0.3) is 0 Å². The standard InChI is InChI=1S/C11H21N3OS/c1-4-5-6-12-11-13-7-8-14(11)9-10(2)16(3)15/h7-8,10H,4-6,9H2,1-3H3,(H,12,13). The summed E-state index contributed by atoms with van der Waals surface area (Å²) in [4.78, 5) is 4.25. The van der Waals surface area contributed by atoms with Crippen molar-refractivity contribution in [3.63, 3.8) is 0 Å². The summed E-state index contributed by atoms with van der Waals surface area (Å²) >= 11 is 0. The van der Waals surface area contributed by atoms with E-state index in [0.29, 0.717) is 0 Å². The van der Waals surface area contributed by atoms with E-state index in [1.54, 1.807) is 12.5 Å². The first-order valence-electron chi connectivity index (χ1n) is 5.72. The van der Waals surface area contributed by atoms with Crippen LogP contribution in [-0.4, -0.2) is 31.8 Å². The molecule has 0 aliphatic rings. The number of anilines is 1. The quantitative estimate of drug-likeness (QED) is 0.744. The molecule has 1 N–H and O–H groups in total. The Labute approximate surface area is 99.9 Å². The second kappa shape index (κ2) is 6.68. The van der Waals surface area contributed by atoms with Crippen LogP contribution in [0.5, 0.6) is 0 Å². The first kappa shape index (κ1) is 13.2. The van der Waals surface area contributed by atoms with E-state index in [4.69, 9.17) is 0 Å². The van der Waals surface area contributed by atoms with Crippen molar-refractivity contribution in [2.75, 3.05) is 18.1 Å². The van der Waals surface area contributed by atoms with Crippen LogP contribution in [0.1, 0.15) is 26.7 Å². The van der Waals surface area contributed by atoms with Crippen LogP contribution < -0.4 is 5.32 Å². The van der Waals surface area contributed by atoms with E-state index in [2.05, 4.69) is 17.2 Å². The lowest BCUT2D eigenvalue weighted by atomic mass is 10.3. The Hall–Kier alpha value is -0.840. The predicted molar refractivity (Wildman–Crippen MR) is 69.2 cm³/mol. The molecule has 1 rings (SSSR count). The van der Waals surface area contributed by atoms with Gasteiger partial charge >= 0.3 is 0 Å². The predicted octanol–water partition coefficient (Wildman–Crippen LogP) is 1.86. The first-order chi connectivity index (χ1) is 7.65. The SMILES string of the molecule is CCCCNc1nccn1CC(C)S(C)=O. The normalized spacial score (nSPS) is 14.7. The Morgan fingerprint density at radius 3 is 3.00 bits per heavy atom. The third-order valence-corrected chi connectivity index (χ3v) is 3.83. The highest BCUT2D eigenvalue weighted by molar-refractivity contribution is 7.84. The smallest absolute Gasteiger partial charge is 0.202 e. The van der Waals surface area contributed by atoms with E-state index in [0.717, 1.165) is 25.5 Å². The Balaban J connectivity index is 2.53. The molecule has 2 unspecified atom stereocenters. The summed E-state index contributed by atoms with van der Waals surface area (Å²) in [5.41, 5.74) is 0. The van der Waals surface area contributed by atoms with E-state index in [-0.39, 0.29) is 5.25 Å². The van der Waals surface area contributed by atoms with Gasteiger partial charge in [0.15, 0.2) is 0 Å². The van der Waals surface area contributed by atoms with Gasteiger partial charge in [0.1, 0.15) is 0 Å². The minimum absolute atomic E-state index is 0.154. The molecule has 16 heavy (non-hydrogen) atoms. The highest BCUT2D eigenvalue weighted by Gasteiger charge is 2.09. The second-order valence-electron chi connectivity index (χ2n) is 3.99. The molecular weight excluding hydrogens is 222 g/mol. The zero-order chi connectivity index (χ0) is 12.0. The van der Waals surface area contributed by atoms with Gasteiger partial charge in [0.05, 0.1) is 0 Å². The maximum absolute atomic E-state index is 11.3. The zero-order valence-corrected chi connectivity index (χ0v) is 11.1. The van der Waals surface area contributed by atoms with Crippen molar-refractivity contribution >= 4 is 16.7 Å². The van der Waals surface area contributed by atoms with Crippen LogP contribution in [0.3, 0.4) is 0 Å². The van der Waals surface area contributed by atoms with Crippen molar-refractivity contribution in [1.82, 2.24) is 9.55 Å². The van der Waals surface area contributed by atoms with Crippen LogP contribution in [-0.2, 0) is 17.3 Å². The van der Waals surface area contributed by atoms with E-state index < -0.39 is 10.8 Å². The van der Waals surface area contributed by atoms with Crippen LogP contribution in [0.2, 0.25) is 0 Å². The average molecular weight is 243 g/mol. The molecule has 0 aliphatic heterocycles. The Kier molecular flexibility index (Phi) is 5.52. The molecule has 0 amide bonds. The lowest BCUT2D eigenvalue weighted by molar-refractivity contribution is 0.644. The van der Waals surface area contributed by atoms with Gasteiger partial charge in [-0.1, -0.05) is 13.3 Å². The lowest BCUT2D eigenvalue weighted by Crippen LogP contribution is -2.19. The average Bonchev–Trinajstić information content (AvgIpc) is 2.66. The molecule has 1 heterocycles. The van der Waals surface area contributed by atoms with Crippen LogP contribution in [0, 0.1) is 0 Å². The van der Waals surface area contributed by atoms with Gasteiger partial charge in [-0.2, -0.15) is 0 Å². The lowest BCUT2D eigenvalue weighted by Gasteiger charge is -2.12. The van der Waals surface area contributed by atoms with Crippen LogP contribution in [0.25, 0.3) is 0 Å². The Morgan fingerprint density at radius 2 is 2.38 bits per heavy atom. The summed E-state index contributed by atoms with van der Waals surface area (Å²) in [5, 5.41) is 3.44. The minimum Gasteiger partial charge on any atom is -0.356 e. The summed E-state index contributed by atoms with van der Waals surface area (Å²) < 4.78 is 13.3. The van der Waals surface area contributed by atoms with Crippen LogP contribution in [0.4, 0.5) is 5.95 Å². The van der Waals surface area contributed by atoms with E-state index in [1.807, 2.05) is 17.7 Å². The first-order valence-corrected chi connectivity index (χ1v) is 7.34. The molecule has 0 saturated heterocycles. The minimum atomic E-state index is -0.787. The van der Waals surface area contributed by atoms with Gasteiger partial charge in [-0.05, 0) is 13.3 Å². The van der Waals surface area contributed by atoms with Crippen molar-refractivity contribution in [2.45, 2.75) is 38.5 Å². The number of nitrogens with one attached hydrogen (secondary N) is 1. The topological polar surface area (TPSA) is 46.9 Å². The molecule has 0 bridgehead atoms. The molecule has 4 nitrogen and oxygen atoms in total. The second-order valence-corrected chi connectivity index (χ2v) is 5.79. The Bertz CT molecular complexity index is 338. The van der Waals surface area contributed by atoms with Crippen molar-refractivity contribution in [1.29, 1.82) is 0 Å². The van der Waals surface area contributed by atoms with Crippen molar-refractivity contribution in [3.8, 4) is 0 Å². The van der Waals surface area contributed by atoms with Gasteiger partial charge in [-0.25, -0.2) is 4.98 Å². The van der Waals surface area contributed by atoms with E-state index in [1.165, 1.54) is 6.42 Å². The number of hydrogen-bond acceptors (Lipinski definition) is 3. The molecule has 0 aromatic carbocycles. The largest absolute Gasteiger partial charge is 0.356 e.